The van der Waals surface area contributed by atoms with Crippen LogP contribution in [0.1, 0.15) is 149 Å². The van der Waals surface area contributed by atoms with E-state index in [1.807, 2.05) is 55.4 Å². The van der Waals surface area contributed by atoms with E-state index in [4.69, 9.17) is 4.74 Å². The second-order valence-corrected chi connectivity index (χ2v) is 28.3. The third-order valence-corrected chi connectivity index (χ3v) is 19.0. The smallest absolute Gasteiger partial charge is 0.329 e. The number of nitrogens with one attached hydrogen (secondary N) is 4. The first kappa shape index (κ1) is 79.5. The Hall–Kier alpha value is -6.70. The van der Waals surface area contributed by atoms with Crippen LogP contribution in [0.3, 0.4) is 0 Å². The molecule has 92 heavy (non-hydrogen) atoms. The van der Waals surface area contributed by atoms with Crippen LogP contribution in [-0.2, 0) is 62.3 Å². The number of carbonyl (C=O) groups is 12. The molecule has 11 amide bonds. The number of aliphatic hydroxyl groups is 1. The van der Waals surface area contributed by atoms with Crippen molar-refractivity contribution in [2.45, 2.75) is 215 Å². The van der Waals surface area contributed by atoms with Crippen molar-refractivity contribution in [3.63, 3.8) is 0 Å². The average Bonchev–Trinajstić information content (AvgIpc) is 1.56. The largest absolute Gasteiger partial charge is 0.480 e. The summed E-state index contributed by atoms with van der Waals surface area (Å²) in [4.78, 5) is 184. The lowest BCUT2D eigenvalue weighted by atomic mass is 9.91. The molecule has 0 bridgehead atoms. The molecule has 14 atom stereocenters. The Morgan fingerprint density at radius 3 is 1.59 bits per heavy atom. The Morgan fingerprint density at radius 1 is 0.587 bits per heavy atom. The summed E-state index contributed by atoms with van der Waals surface area (Å²) in [5, 5.41) is 32.7. The van der Waals surface area contributed by atoms with Crippen molar-refractivity contribution in [2.75, 3.05) is 69.1 Å². The van der Waals surface area contributed by atoms with Crippen LogP contribution in [0.5, 0.6) is 0 Å². The summed E-state index contributed by atoms with van der Waals surface area (Å²) in [6.45, 7) is 26.1. The minimum Gasteiger partial charge on any atom is -0.480 e. The van der Waals surface area contributed by atoms with Gasteiger partial charge in [0.05, 0.1) is 19.3 Å². The van der Waals surface area contributed by atoms with Gasteiger partial charge in [-0.25, -0.2) is 4.79 Å². The van der Waals surface area contributed by atoms with E-state index in [0.717, 1.165) is 9.80 Å². The zero-order valence-corrected chi connectivity index (χ0v) is 59.2. The van der Waals surface area contributed by atoms with Gasteiger partial charge >= 0.3 is 5.97 Å². The lowest BCUT2D eigenvalue weighted by molar-refractivity contribution is -0.158. The summed E-state index contributed by atoms with van der Waals surface area (Å²) in [5.41, 5.74) is -3.11. The number of hydrogen-bond donors (Lipinski definition) is 6. The van der Waals surface area contributed by atoms with Crippen LogP contribution in [0.15, 0.2) is 12.2 Å². The molecule has 6 N–H and O–H groups in total. The maximum absolute atomic E-state index is 15.5. The third-order valence-electron chi connectivity index (χ3n) is 19.0. The molecule has 1 heterocycles. The lowest BCUT2D eigenvalue weighted by Crippen LogP contribution is -2.64. The number of likely N-dealkylation sites (N-methyl/N-ethyl adjacent to an activating group) is 7. The Bertz CT molecular complexity index is 2700. The van der Waals surface area contributed by atoms with Gasteiger partial charge in [0, 0.05) is 49.3 Å². The fraction of sp³-hybridized carbons (Fsp3) is 0.788. The topological polar surface area (TPSA) is 325 Å². The maximum Gasteiger partial charge on any atom is 0.329 e. The van der Waals surface area contributed by atoms with E-state index in [2.05, 4.69) is 21.3 Å². The van der Waals surface area contributed by atoms with Crippen LogP contribution in [0.25, 0.3) is 0 Å². The van der Waals surface area contributed by atoms with Gasteiger partial charge in [0.15, 0.2) is 0 Å². The SMILES string of the molecule is C/C=C/CC(C)[C@H](O)C1C(=O)N[C@@H](CC)C(=O)N(C)CC(=O)N(C)C2(CC2C(C)C)C(=O)N[C@@H](C(C)C)C(=O)N(C)[C@@H](CC(C)C)C(=O)N[C@@H](C)C(=O)N[C@H](COCC(=O)O)C(=O)N(C)C2(C[C@@H]2C(C)C)C(=O)N(C)[C@@H](CC(C)C)C(=O)N(C)[C@@H](C(C)C)C(=O)N1C. The number of nitrogens with zero attached hydrogens (tertiary/aromatic N) is 7. The van der Waals surface area contributed by atoms with Gasteiger partial charge in [0.2, 0.25) is 65.0 Å². The maximum atomic E-state index is 15.5. The molecule has 0 aromatic heterocycles. The predicted molar refractivity (Wildman–Crippen MR) is 346 cm³/mol. The molecule has 0 aromatic rings. The summed E-state index contributed by atoms with van der Waals surface area (Å²) < 4.78 is 5.43. The molecule has 522 valence electrons. The molecule has 0 radical (unpaired) electrons. The van der Waals surface area contributed by atoms with E-state index in [1.165, 1.54) is 80.8 Å². The highest BCUT2D eigenvalue weighted by molar-refractivity contribution is 6.02. The van der Waals surface area contributed by atoms with E-state index in [1.54, 1.807) is 60.6 Å². The minimum absolute atomic E-state index is 0.00236. The molecule has 0 aromatic carbocycles. The molecule has 3 rings (SSSR count). The van der Waals surface area contributed by atoms with Gasteiger partial charge in [-0.2, -0.15) is 0 Å². The normalized spacial score (nSPS) is 29.9. The second kappa shape index (κ2) is 33.4. The summed E-state index contributed by atoms with van der Waals surface area (Å²) in [6, 6.07) is -11.0. The van der Waals surface area contributed by atoms with Crippen molar-refractivity contribution in [1.29, 1.82) is 0 Å². The number of aliphatic carboxylic acids is 1. The van der Waals surface area contributed by atoms with Gasteiger partial charge in [-0.3, -0.25) is 52.7 Å². The van der Waals surface area contributed by atoms with Crippen LogP contribution in [0, 0.1) is 53.3 Å². The van der Waals surface area contributed by atoms with Crippen molar-refractivity contribution in [1.82, 2.24) is 55.6 Å². The zero-order chi connectivity index (χ0) is 70.7. The highest BCUT2D eigenvalue weighted by Crippen LogP contribution is 2.54. The molecule has 1 saturated heterocycles. The molecule has 2 saturated carbocycles. The first-order chi connectivity index (χ1) is 42.6. The molecule has 3 fully saturated rings. The van der Waals surface area contributed by atoms with Crippen molar-refractivity contribution < 1.29 is 72.5 Å². The molecule has 2 aliphatic carbocycles. The fourth-order valence-corrected chi connectivity index (χ4v) is 13.0. The number of carboxylic acids is 1. The number of carbonyl (C=O) groups excluding carboxylic acids is 11. The first-order valence-corrected chi connectivity index (χ1v) is 32.7. The number of carboxylic acid groups (broad SMARTS) is 1. The van der Waals surface area contributed by atoms with E-state index in [-0.39, 0.29) is 68.1 Å². The van der Waals surface area contributed by atoms with Crippen LogP contribution in [-0.4, -0.2) is 250 Å². The van der Waals surface area contributed by atoms with Crippen molar-refractivity contribution in [2.24, 2.45) is 53.3 Å². The monoisotopic (exact) mass is 1300 g/mol. The molecular formula is C66H113N11O15. The lowest BCUT2D eigenvalue weighted by Gasteiger charge is -2.42. The molecular weight excluding hydrogens is 1190 g/mol. The summed E-state index contributed by atoms with van der Waals surface area (Å²) in [6.07, 6.45) is 2.82. The summed E-state index contributed by atoms with van der Waals surface area (Å²) >= 11 is 0. The fourth-order valence-electron chi connectivity index (χ4n) is 13.0. The summed E-state index contributed by atoms with van der Waals surface area (Å²) in [7, 11) is 9.78. The molecule has 26 heteroatoms. The van der Waals surface area contributed by atoms with Crippen molar-refractivity contribution in [3.8, 4) is 0 Å². The number of ether oxygens (including phenoxy) is 1. The van der Waals surface area contributed by atoms with Gasteiger partial charge in [-0.1, -0.05) is 109 Å². The van der Waals surface area contributed by atoms with Gasteiger partial charge in [0.1, 0.15) is 66.0 Å². The van der Waals surface area contributed by atoms with Gasteiger partial charge in [-0.15, -0.1) is 0 Å². The Morgan fingerprint density at radius 2 is 1.11 bits per heavy atom. The highest BCUT2D eigenvalue weighted by Gasteiger charge is 2.67. The first-order valence-electron chi connectivity index (χ1n) is 32.7. The quantitative estimate of drug-likeness (QED) is 0.114. The van der Waals surface area contributed by atoms with Gasteiger partial charge in [0.25, 0.3) is 0 Å². The predicted octanol–water partition coefficient (Wildman–Crippen LogP) is 2.35. The zero-order valence-electron chi connectivity index (χ0n) is 59.2. The van der Waals surface area contributed by atoms with Gasteiger partial charge < -0.3 is 70.5 Å². The van der Waals surface area contributed by atoms with E-state index >= 15 is 19.2 Å². The standard InChI is InChI=1S/C66H113N11O15/c1-24-26-27-41(15)54(81)53-57(84)68-45(25-2)58(85)71(17)32-49(78)76(22)65(30-43(65)37(7)8)63(90)70-51(39(11)12)61(88)72(18)47(28-35(3)4)56(83)67-42(16)55(82)69-46(33-92-34-50(79)80)59(86)77(23)66(31-44(66)38(9)10)64(91)73(19)48(29-36(5)6)60(87)74(20)52(40(13)14)62(89)75(53)21/h24,26,35-48,51-54,81H,25,27-34H2,1-23H3,(H,67,83)(H,68,84)(H,69,82)(H,70,90)(H,79,80)/b26-24+/t41?,42-,43?,44+,45-,46+,47-,48-,51-,52-,53?,54-,65?,66?/m0/s1. The molecule has 1 aliphatic heterocycles. The number of rotatable bonds is 17. The number of hydrogen-bond acceptors (Lipinski definition) is 14. The Balaban J connectivity index is 2.38. The second-order valence-electron chi connectivity index (χ2n) is 28.3. The number of aliphatic hydroxyl groups excluding tert-OH is 1. The van der Waals surface area contributed by atoms with Gasteiger partial charge in [-0.05, 0) is 106 Å². The van der Waals surface area contributed by atoms with Crippen LogP contribution in [0.2, 0.25) is 0 Å². The highest BCUT2D eigenvalue weighted by atomic mass is 16.5. The summed E-state index contributed by atoms with van der Waals surface area (Å²) in [5.74, 6) is -13.0. The Kier molecular flexibility index (Phi) is 28.9. The van der Waals surface area contributed by atoms with Crippen LogP contribution in [0.4, 0.5) is 0 Å². The molecule has 2 spiro atoms. The van der Waals surface area contributed by atoms with Crippen molar-refractivity contribution in [3.05, 3.63) is 12.2 Å². The van der Waals surface area contributed by atoms with Crippen molar-refractivity contribution >= 4 is 70.9 Å². The molecule has 5 unspecified atom stereocenters. The molecule has 26 nitrogen and oxygen atoms in total. The third kappa shape index (κ3) is 18.4. The number of amides is 11. The molecule has 3 aliphatic rings. The Labute approximate surface area is 546 Å². The minimum atomic E-state index is -1.65. The van der Waals surface area contributed by atoms with Crippen LogP contribution < -0.4 is 21.3 Å². The average molecular weight is 1300 g/mol. The van der Waals surface area contributed by atoms with E-state index in [9.17, 15) is 48.6 Å². The van der Waals surface area contributed by atoms with E-state index in [0.29, 0.717) is 0 Å². The number of allylic oxidation sites excluding steroid dienone is 2. The van der Waals surface area contributed by atoms with E-state index < -0.39 is 180 Å². The van der Waals surface area contributed by atoms with Crippen LogP contribution >= 0.6 is 0 Å².